The number of hydrogen-bond acceptors (Lipinski definition) is 7. The molecule has 0 fully saturated rings. The number of carbonyl (C=O) groups is 2. The number of ether oxygens (including phenoxy) is 1. The number of H-pyrrole nitrogens is 1. The fourth-order valence-corrected chi connectivity index (χ4v) is 5.15. The van der Waals surface area contributed by atoms with Gasteiger partial charge in [0.1, 0.15) is 12.2 Å². The van der Waals surface area contributed by atoms with Crippen LogP contribution in [0.5, 0.6) is 0 Å². The Morgan fingerprint density at radius 1 is 1.05 bits per heavy atom. The molecule has 0 radical (unpaired) electrons. The first-order valence-corrected chi connectivity index (χ1v) is 14.0. The van der Waals surface area contributed by atoms with Crippen molar-refractivity contribution in [3.8, 4) is 16.9 Å². The van der Waals surface area contributed by atoms with Crippen LogP contribution >= 0.6 is 11.6 Å². The standard InChI is InChI=1S/C29H31ClN8O3/c1-41-29(40)33-22-15-20-8-6-4-2-3-5-7-9-26-31-17-24(34-26)28(20)23(16-22)35-27(39)13-10-19-14-21(30)11-12-25(19)38-18-32-36-37-38/h10-18H,2-9H2,1H3,(H,31,34)(H,33,40)(H,35,39). The van der Waals surface area contributed by atoms with Gasteiger partial charge in [-0.25, -0.2) is 9.78 Å². The third kappa shape index (κ3) is 7.17. The van der Waals surface area contributed by atoms with E-state index in [1.807, 2.05) is 12.3 Å². The number of tetrazole rings is 1. The number of halogens is 1. The van der Waals surface area contributed by atoms with Crippen molar-refractivity contribution in [1.29, 1.82) is 0 Å². The van der Waals surface area contributed by atoms with E-state index in [4.69, 9.17) is 16.3 Å². The topological polar surface area (TPSA) is 140 Å². The van der Waals surface area contributed by atoms with Crippen LogP contribution in [0.15, 0.2) is 48.9 Å². The van der Waals surface area contributed by atoms with Gasteiger partial charge in [-0.1, -0.05) is 37.3 Å². The number of carbonyl (C=O) groups excluding carboxylic acids is 2. The van der Waals surface area contributed by atoms with Gasteiger partial charge in [0.25, 0.3) is 0 Å². The molecule has 2 aromatic heterocycles. The molecule has 1 aliphatic heterocycles. The minimum Gasteiger partial charge on any atom is -0.453 e. The monoisotopic (exact) mass is 574 g/mol. The highest BCUT2D eigenvalue weighted by atomic mass is 35.5. The number of aromatic amines is 1. The van der Waals surface area contributed by atoms with Crippen molar-refractivity contribution in [2.75, 3.05) is 17.7 Å². The summed E-state index contributed by atoms with van der Waals surface area (Å²) < 4.78 is 6.31. The predicted octanol–water partition coefficient (Wildman–Crippen LogP) is 5.98. The summed E-state index contributed by atoms with van der Waals surface area (Å²) in [5, 5.41) is 17.6. The second kappa shape index (κ2) is 13.2. The lowest BCUT2D eigenvalue weighted by molar-refractivity contribution is -0.111. The SMILES string of the molecule is COC(=O)Nc1cc2c(c(NC(=O)C=Cc3cc(Cl)ccc3-n3cnnn3)c1)-c1cnc([nH]1)CCCCCCCC2. The molecule has 0 saturated heterocycles. The summed E-state index contributed by atoms with van der Waals surface area (Å²) in [5.74, 6) is 0.544. The van der Waals surface area contributed by atoms with Gasteiger partial charge in [0, 0.05) is 34.3 Å². The Morgan fingerprint density at radius 3 is 2.63 bits per heavy atom. The number of nitrogens with zero attached hydrogens (tertiary/aromatic N) is 5. The van der Waals surface area contributed by atoms with Gasteiger partial charge in [-0.2, -0.15) is 4.68 Å². The molecule has 2 bridgehead atoms. The Balaban J connectivity index is 1.50. The fraction of sp³-hybridized carbons (Fsp3) is 0.310. The predicted molar refractivity (Wildman–Crippen MR) is 157 cm³/mol. The van der Waals surface area contributed by atoms with E-state index in [1.165, 1.54) is 43.5 Å². The maximum absolute atomic E-state index is 13.3. The lowest BCUT2D eigenvalue weighted by Gasteiger charge is -2.17. The lowest BCUT2D eigenvalue weighted by Crippen LogP contribution is -2.14. The van der Waals surface area contributed by atoms with Crippen LogP contribution in [-0.4, -0.2) is 49.3 Å². The number of hydrogen-bond donors (Lipinski definition) is 3. The van der Waals surface area contributed by atoms with Gasteiger partial charge in [-0.05, 0) is 71.7 Å². The fourth-order valence-electron chi connectivity index (χ4n) is 4.97. The molecule has 12 heteroatoms. The van der Waals surface area contributed by atoms with Crippen molar-refractivity contribution in [2.45, 2.75) is 51.4 Å². The van der Waals surface area contributed by atoms with E-state index in [0.717, 1.165) is 54.7 Å². The summed E-state index contributed by atoms with van der Waals surface area (Å²) in [7, 11) is 1.31. The number of fused-ring (bicyclic) bond motifs is 4. The lowest BCUT2D eigenvalue weighted by atomic mass is 9.96. The zero-order valence-electron chi connectivity index (χ0n) is 22.7. The van der Waals surface area contributed by atoms with E-state index < -0.39 is 6.09 Å². The van der Waals surface area contributed by atoms with Crippen molar-refractivity contribution in [2.24, 2.45) is 0 Å². The number of methoxy groups -OCH3 is 1. The molecular weight excluding hydrogens is 544 g/mol. The maximum atomic E-state index is 13.3. The molecule has 4 aromatic rings. The molecule has 0 atom stereocenters. The molecule has 2 aromatic carbocycles. The van der Waals surface area contributed by atoms with Crippen molar-refractivity contribution >= 4 is 41.1 Å². The number of imidazole rings is 1. The van der Waals surface area contributed by atoms with Crippen molar-refractivity contribution < 1.29 is 14.3 Å². The van der Waals surface area contributed by atoms with Crippen LogP contribution in [0.3, 0.4) is 0 Å². The Bertz CT molecular complexity index is 1550. The van der Waals surface area contributed by atoms with Gasteiger partial charge < -0.3 is 15.0 Å². The maximum Gasteiger partial charge on any atom is 0.411 e. The molecule has 0 unspecified atom stereocenters. The molecule has 5 rings (SSSR count). The molecule has 3 heterocycles. The zero-order chi connectivity index (χ0) is 28.6. The highest BCUT2D eigenvalue weighted by Gasteiger charge is 2.18. The van der Waals surface area contributed by atoms with Crippen LogP contribution in [0.1, 0.15) is 55.5 Å². The Kier molecular flexibility index (Phi) is 9.05. The number of aryl methyl sites for hydroxylation is 2. The minimum absolute atomic E-state index is 0.368. The van der Waals surface area contributed by atoms with E-state index >= 15 is 0 Å². The van der Waals surface area contributed by atoms with Gasteiger partial charge in [-0.3, -0.25) is 10.1 Å². The van der Waals surface area contributed by atoms with Crippen molar-refractivity contribution in [1.82, 2.24) is 30.2 Å². The van der Waals surface area contributed by atoms with Crippen molar-refractivity contribution in [3.05, 3.63) is 70.9 Å². The van der Waals surface area contributed by atoms with Crippen molar-refractivity contribution in [3.63, 3.8) is 0 Å². The quantitative estimate of drug-likeness (QED) is 0.249. The Hall–Kier alpha value is -4.51. The van der Waals surface area contributed by atoms with Crippen LogP contribution < -0.4 is 10.6 Å². The molecule has 2 amide bonds. The number of anilines is 2. The Morgan fingerprint density at radius 2 is 1.85 bits per heavy atom. The molecule has 1 aliphatic rings. The third-order valence-electron chi connectivity index (χ3n) is 6.92. The number of amides is 2. The van der Waals surface area contributed by atoms with E-state index in [1.54, 1.807) is 30.3 Å². The highest BCUT2D eigenvalue weighted by molar-refractivity contribution is 6.30. The second-order valence-corrected chi connectivity index (χ2v) is 10.3. The van der Waals surface area contributed by atoms with E-state index in [0.29, 0.717) is 27.6 Å². The van der Waals surface area contributed by atoms with Crippen LogP contribution in [0, 0.1) is 0 Å². The number of rotatable bonds is 5. The summed E-state index contributed by atoms with van der Waals surface area (Å²) in [6, 6.07) is 8.89. The molecule has 11 nitrogen and oxygen atoms in total. The van der Waals surface area contributed by atoms with E-state index in [9.17, 15) is 9.59 Å². The largest absolute Gasteiger partial charge is 0.453 e. The van der Waals surface area contributed by atoms with Crippen LogP contribution in [0.4, 0.5) is 16.2 Å². The molecule has 0 saturated carbocycles. The smallest absolute Gasteiger partial charge is 0.411 e. The number of aromatic nitrogens is 6. The second-order valence-electron chi connectivity index (χ2n) is 9.82. The molecule has 0 spiro atoms. The van der Waals surface area contributed by atoms with E-state index in [2.05, 4.69) is 36.1 Å². The molecule has 3 N–H and O–H groups in total. The normalized spacial score (nSPS) is 13.9. The highest BCUT2D eigenvalue weighted by Crippen LogP contribution is 2.36. The van der Waals surface area contributed by atoms with E-state index in [-0.39, 0.29) is 5.91 Å². The van der Waals surface area contributed by atoms with Gasteiger partial charge in [-0.15, -0.1) is 5.10 Å². The van der Waals surface area contributed by atoms with Gasteiger partial charge in [0.2, 0.25) is 5.91 Å². The third-order valence-corrected chi connectivity index (χ3v) is 7.15. The first-order chi connectivity index (χ1) is 20.0. The summed E-state index contributed by atoms with van der Waals surface area (Å²) in [6.07, 6.45) is 14.1. The minimum atomic E-state index is -0.591. The molecule has 0 aliphatic carbocycles. The summed E-state index contributed by atoms with van der Waals surface area (Å²) in [4.78, 5) is 33.4. The van der Waals surface area contributed by atoms with Gasteiger partial charge >= 0.3 is 6.09 Å². The summed E-state index contributed by atoms with van der Waals surface area (Å²) in [6.45, 7) is 0. The van der Waals surface area contributed by atoms with Crippen LogP contribution in [0.2, 0.25) is 5.02 Å². The molecular formula is C29H31ClN8O3. The summed E-state index contributed by atoms with van der Waals surface area (Å²) >= 11 is 6.23. The number of nitrogens with one attached hydrogen (secondary N) is 3. The average Bonchev–Trinajstić information content (AvgIpc) is 3.66. The van der Waals surface area contributed by atoms with Gasteiger partial charge in [0.15, 0.2) is 0 Å². The Labute approximate surface area is 242 Å². The first kappa shape index (κ1) is 28.0. The molecule has 212 valence electrons. The zero-order valence-corrected chi connectivity index (χ0v) is 23.4. The number of benzene rings is 2. The molecule has 41 heavy (non-hydrogen) atoms. The van der Waals surface area contributed by atoms with Gasteiger partial charge in [0.05, 0.1) is 30.4 Å². The van der Waals surface area contributed by atoms with Crippen LogP contribution in [0.25, 0.3) is 23.0 Å². The van der Waals surface area contributed by atoms with Crippen LogP contribution in [-0.2, 0) is 22.4 Å². The average molecular weight is 575 g/mol. The first-order valence-electron chi connectivity index (χ1n) is 13.6. The summed E-state index contributed by atoms with van der Waals surface area (Å²) in [5.41, 5.74) is 5.04.